The number of phenols is 2. The molecule has 0 unspecified atom stereocenters. The lowest BCUT2D eigenvalue weighted by Gasteiger charge is -2.29. The summed E-state index contributed by atoms with van der Waals surface area (Å²) in [7, 11) is 0. The van der Waals surface area contributed by atoms with Gasteiger partial charge in [0, 0.05) is 17.8 Å². The Balaban J connectivity index is 1.07. The van der Waals surface area contributed by atoms with Gasteiger partial charge in [-0.05, 0) is 153 Å². The summed E-state index contributed by atoms with van der Waals surface area (Å²) in [4.78, 5) is 30.5. The Kier molecular flexibility index (Phi) is 15.7. The van der Waals surface area contributed by atoms with Crippen molar-refractivity contribution in [2.75, 3.05) is 10.6 Å². The van der Waals surface area contributed by atoms with Crippen LogP contribution in [0.1, 0.15) is 184 Å². The van der Waals surface area contributed by atoms with Crippen LogP contribution >= 0.6 is 0 Å². The molecule has 0 spiro atoms. The fourth-order valence-electron chi connectivity index (χ4n) is 11.2. The first-order chi connectivity index (χ1) is 34.6. The van der Waals surface area contributed by atoms with Gasteiger partial charge in [0.05, 0.1) is 39.3 Å². The molecule has 0 bridgehead atoms. The molecule has 2 saturated carbocycles. The first-order valence-electron chi connectivity index (χ1n) is 26.4. The molecule has 3 aliphatic carbocycles. The number of anilines is 4. The molecule has 370 valence electrons. The van der Waals surface area contributed by atoms with E-state index >= 15 is 14.0 Å². The Bertz CT molecular complexity index is 2810. The average Bonchev–Trinajstić information content (AvgIpc) is 3.39. The molecule has 2 fully saturated rings. The number of nitrogens with one attached hydrogen (secondary N) is 2. The largest absolute Gasteiger partial charge is 0.504 e. The van der Waals surface area contributed by atoms with E-state index in [0.29, 0.717) is 29.0 Å². The topological polar surface area (TPSA) is 117 Å². The molecule has 9 rings (SSSR count). The summed E-state index contributed by atoms with van der Waals surface area (Å²) in [5.74, 6) is 0.0344. The number of ether oxygens (including phenoxy) is 2. The number of para-hydroxylation sites is 1. The molecule has 0 heterocycles. The van der Waals surface area contributed by atoms with Crippen LogP contribution in [0.2, 0.25) is 0 Å². The van der Waals surface area contributed by atoms with Crippen molar-refractivity contribution < 1.29 is 33.7 Å². The summed E-state index contributed by atoms with van der Waals surface area (Å²) in [6.45, 7) is 6.65. The summed E-state index contributed by atoms with van der Waals surface area (Å²) < 4.78 is 28.2. The fourth-order valence-corrected chi connectivity index (χ4v) is 11.2. The maximum Gasteiger partial charge on any atom is 0.200 e. The predicted molar refractivity (Wildman–Crippen MR) is 283 cm³/mol. The van der Waals surface area contributed by atoms with Crippen LogP contribution in [0.15, 0.2) is 109 Å². The van der Waals surface area contributed by atoms with Crippen molar-refractivity contribution in [1.29, 1.82) is 0 Å². The van der Waals surface area contributed by atoms with E-state index in [1.807, 2.05) is 48.5 Å². The van der Waals surface area contributed by atoms with Crippen molar-refractivity contribution in [1.82, 2.24) is 0 Å². The number of halogens is 1. The number of aryl methyl sites for hydroxylation is 1. The molecular weight excluding hydrogens is 888 g/mol. The molecule has 0 radical (unpaired) electrons. The summed E-state index contributed by atoms with van der Waals surface area (Å²) in [5.41, 5.74) is 3.47. The Morgan fingerprint density at radius 1 is 0.521 bits per heavy atom. The summed E-state index contributed by atoms with van der Waals surface area (Å²) in [6.07, 6.45) is 20.1. The quantitative estimate of drug-likeness (QED) is 0.0592. The van der Waals surface area contributed by atoms with Gasteiger partial charge in [0.15, 0.2) is 23.0 Å². The number of fused-ring (bicyclic) bond motifs is 2. The van der Waals surface area contributed by atoms with Crippen LogP contribution in [-0.4, -0.2) is 21.8 Å². The number of unbranched alkanes of at least 4 members (excludes halogenated alkanes) is 3. The summed E-state index contributed by atoms with van der Waals surface area (Å²) >= 11 is 0. The van der Waals surface area contributed by atoms with E-state index < -0.39 is 28.9 Å². The van der Waals surface area contributed by atoms with Gasteiger partial charge in [-0.2, -0.15) is 0 Å². The van der Waals surface area contributed by atoms with E-state index in [1.165, 1.54) is 99.6 Å². The summed E-state index contributed by atoms with van der Waals surface area (Å²) in [6, 6.07) is 32.5. The van der Waals surface area contributed by atoms with E-state index in [1.54, 1.807) is 12.1 Å². The summed E-state index contributed by atoms with van der Waals surface area (Å²) in [5, 5.41) is 30.7. The highest BCUT2D eigenvalue weighted by atomic mass is 19.1. The lowest BCUT2D eigenvalue weighted by Crippen LogP contribution is -2.24. The first-order valence-corrected chi connectivity index (χ1v) is 26.4. The zero-order valence-corrected chi connectivity index (χ0v) is 41.6. The lowest BCUT2D eigenvalue weighted by atomic mass is 9.77. The highest BCUT2D eigenvalue weighted by Gasteiger charge is 2.41. The van der Waals surface area contributed by atoms with E-state index in [9.17, 15) is 10.2 Å². The van der Waals surface area contributed by atoms with Crippen LogP contribution in [0, 0.1) is 17.7 Å². The molecule has 0 aliphatic heterocycles. The van der Waals surface area contributed by atoms with Gasteiger partial charge in [0.1, 0.15) is 17.3 Å². The van der Waals surface area contributed by atoms with Crippen molar-refractivity contribution in [3.63, 3.8) is 0 Å². The van der Waals surface area contributed by atoms with E-state index in [4.69, 9.17) is 9.47 Å². The Hall–Kier alpha value is -6.61. The zero-order valence-electron chi connectivity index (χ0n) is 41.6. The molecule has 0 amide bonds. The number of carbonyl (C=O) groups excluding carboxylic acids is 2. The molecular formula is C62H69FN2O6. The smallest absolute Gasteiger partial charge is 0.200 e. The van der Waals surface area contributed by atoms with Crippen LogP contribution in [0.4, 0.5) is 27.1 Å². The van der Waals surface area contributed by atoms with Gasteiger partial charge in [0.25, 0.3) is 0 Å². The number of benzene rings is 6. The minimum atomic E-state index is -0.769. The Morgan fingerprint density at radius 3 is 1.42 bits per heavy atom. The zero-order chi connectivity index (χ0) is 49.4. The highest BCUT2D eigenvalue weighted by Crippen LogP contribution is 2.51. The number of hydrogen-bond acceptors (Lipinski definition) is 8. The maximum absolute atomic E-state index is 15.4. The van der Waals surface area contributed by atoms with Crippen molar-refractivity contribution in [2.24, 2.45) is 11.8 Å². The second-order valence-electron chi connectivity index (χ2n) is 20.3. The first kappa shape index (κ1) is 49.4. The van der Waals surface area contributed by atoms with E-state index in [2.05, 4.69) is 55.7 Å². The number of ketones is 2. The van der Waals surface area contributed by atoms with Gasteiger partial charge in [-0.3, -0.25) is 9.59 Å². The molecule has 71 heavy (non-hydrogen) atoms. The van der Waals surface area contributed by atoms with Crippen molar-refractivity contribution in [2.45, 2.75) is 142 Å². The number of rotatable bonds is 19. The van der Waals surface area contributed by atoms with Gasteiger partial charge in [-0.1, -0.05) is 114 Å². The van der Waals surface area contributed by atoms with Crippen molar-refractivity contribution in [3.8, 4) is 34.5 Å². The molecule has 4 N–H and O–H groups in total. The number of aromatic hydroxyl groups is 2. The van der Waals surface area contributed by atoms with E-state index in [-0.39, 0.29) is 50.8 Å². The molecule has 9 heteroatoms. The Labute approximate surface area is 419 Å². The molecule has 0 saturated heterocycles. The maximum atomic E-state index is 15.4. The molecule has 6 aromatic rings. The lowest BCUT2D eigenvalue weighted by molar-refractivity contribution is 0.0974. The van der Waals surface area contributed by atoms with Crippen molar-refractivity contribution >= 4 is 34.3 Å². The second-order valence-corrected chi connectivity index (χ2v) is 20.3. The highest BCUT2D eigenvalue weighted by molar-refractivity contribution is 6.34. The van der Waals surface area contributed by atoms with Crippen LogP contribution in [0.25, 0.3) is 0 Å². The second kappa shape index (κ2) is 22.6. The van der Waals surface area contributed by atoms with Crippen LogP contribution < -0.4 is 20.1 Å². The van der Waals surface area contributed by atoms with Gasteiger partial charge < -0.3 is 30.3 Å². The van der Waals surface area contributed by atoms with Gasteiger partial charge >= 0.3 is 0 Å². The molecule has 3 aliphatic rings. The van der Waals surface area contributed by atoms with Crippen molar-refractivity contribution in [3.05, 3.63) is 154 Å². The van der Waals surface area contributed by atoms with Gasteiger partial charge in [-0.15, -0.1) is 0 Å². The fraction of sp³-hybridized carbons (Fsp3) is 0.387. The SMILES string of the molecule is CCCCc1ccc(Nc2cc(Oc3ccc(C4CCC(CCCC)CC4)cc3)c(O)c3c2C(=O)c2c(O)c(Oc4ccc(C5CCC(CCCC)CC5)cc4)cc(Nc4ccccc4F)c2C3=O)cc1. The number of hydrogen-bond donors (Lipinski definition) is 4. The number of phenolic OH excluding ortho intramolecular Hbond substituents is 2. The normalized spacial score (nSPS) is 18.6. The van der Waals surface area contributed by atoms with Gasteiger partial charge in [0.2, 0.25) is 11.6 Å². The van der Waals surface area contributed by atoms with Crippen LogP contribution in [0.5, 0.6) is 34.5 Å². The predicted octanol–water partition coefficient (Wildman–Crippen LogP) is 17.4. The minimum absolute atomic E-state index is 0.0104. The monoisotopic (exact) mass is 957 g/mol. The third-order valence-electron chi connectivity index (χ3n) is 15.4. The molecule has 6 aromatic carbocycles. The molecule has 8 nitrogen and oxygen atoms in total. The molecule has 0 atom stereocenters. The van der Waals surface area contributed by atoms with Crippen LogP contribution in [-0.2, 0) is 6.42 Å². The molecule has 0 aromatic heterocycles. The van der Waals surface area contributed by atoms with Crippen LogP contribution in [0.3, 0.4) is 0 Å². The standard InChI is InChI=1S/C62H69FN2O6/c1-4-7-12-39-17-23-42(24-18-39)44-27-33-47(34-28-44)70-53-37-51(64-46-31-21-41(22-32-46)14-9-6-3)55-57(59(53)66)62(69)56-52(65-50-16-11-10-15-49(50)63)38-54(60(67)58(56)61(55)68)71-48-35-29-45(30-36-48)43-25-19-40(20-26-43)13-8-5-2/h10-11,15-16,21-22,27-40,42-43,64-67H,4-9,12-14,17-20,23-26H2,1-3H3. The third kappa shape index (κ3) is 11.1. The minimum Gasteiger partial charge on any atom is -0.504 e. The average molecular weight is 957 g/mol. The van der Waals surface area contributed by atoms with Gasteiger partial charge in [-0.25, -0.2) is 4.39 Å². The third-order valence-corrected chi connectivity index (χ3v) is 15.4. The Morgan fingerprint density at radius 2 is 0.972 bits per heavy atom. The van der Waals surface area contributed by atoms with E-state index in [0.717, 1.165) is 62.3 Å². The number of carbonyl (C=O) groups is 2.